The van der Waals surface area contributed by atoms with Crippen LogP contribution in [0.15, 0.2) is 18.2 Å². The first-order valence-corrected chi connectivity index (χ1v) is 8.71. The van der Waals surface area contributed by atoms with E-state index in [9.17, 15) is 9.59 Å². The number of hydrogen-bond donors (Lipinski definition) is 1. The van der Waals surface area contributed by atoms with E-state index in [1.54, 1.807) is 0 Å². The summed E-state index contributed by atoms with van der Waals surface area (Å²) in [5.74, 6) is -0.126. The minimum absolute atomic E-state index is 0.0725. The third kappa shape index (κ3) is 4.73. The Kier molecular flexibility index (Phi) is 6.23. The summed E-state index contributed by atoms with van der Waals surface area (Å²) < 4.78 is 5.07. The molecule has 1 fully saturated rings. The van der Waals surface area contributed by atoms with Crippen LogP contribution in [0, 0.1) is 19.8 Å². The van der Waals surface area contributed by atoms with Gasteiger partial charge in [0.25, 0.3) is 0 Å². The van der Waals surface area contributed by atoms with E-state index in [4.69, 9.17) is 4.74 Å². The van der Waals surface area contributed by atoms with Crippen molar-refractivity contribution in [2.75, 3.05) is 25.0 Å². The van der Waals surface area contributed by atoms with Crippen molar-refractivity contribution in [3.63, 3.8) is 0 Å². The van der Waals surface area contributed by atoms with Crippen molar-refractivity contribution in [1.29, 1.82) is 0 Å². The molecule has 24 heavy (non-hydrogen) atoms. The summed E-state index contributed by atoms with van der Waals surface area (Å²) in [4.78, 5) is 26.2. The van der Waals surface area contributed by atoms with Crippen LogP contribution >= 0.6 is 0 Å². The lowest BCUT2D eigenvalue weighted by Crippen LogP contribution is -2.46. The second-order valence-electron chi connectivity index (χ2n) is 6.59. The number of anilines is 1. The van der Waals surface area contributed by atoms with E-state index in [0.717, 1.165) is 5.69 Å². The van der Waals surface area contributed by atoms with Crippen LogP contribution in [-0.2, 0) is 14.3 Å². The molecule has 1 aliphatic heterocycles. The maximum absolute atomic E-state index is 12.6. The van der Waals surface area contributed by atoms with Gasteiger partial charge in [-0.25, -0.2) is 0 Å². The quantitative estimate of drug-likeness (QED) is 0.842. The Morgan fingerprint density at radius 3 is 2.33 bits per heavy atom. The van der Waals surface area contributed by atoms with Crippen molar-refractivity contribution in [3.8, 4) is 0 Å². The van der Waals surface area contributed by atoms with Gasteiger partial charge < -0.3 is 15.0 Å². The van der Waals surface area contributed by atoms with E-state index in [1.807, 2.05) is 44.7 Å². The normalized spacial score (nSPS) is 16.6. The third-order valence-corrected chi connectivity index (χ3v) is 4.40. The number of esters is 1. The number of benzene rings is 1. The molecule has 0 bridgehead atoms. The first-order valence-electron chi connectivity index (χ1n) is 8.71. The molecular formula is C19H28N2O3. The van der Waals surface area contributed by atoms with E-state index < -0.39 is 0 Å². The molecule has 0 aromatic heterocycles. The molecule has 0 spiro atoms. The fraction of sp³-hybridized carbons (Fsp3) is 0.579. The molecule has 0 saturated carbocycles. The van der Waals surface area contributed by atoms with Crippen molar-refractivity contribution in [3.05, 3.63) is 29.3 Å². The predicted octanol–water partition coefficient (Wildman–Crippen LogP) is 2.91. The van der Waals surface area contributed by atoms with Gasteiger partial charge >= 0.3 is 5.97 Å². The average molecular weight is 332 g/mol. The van der Waals surface area contributed by atoms with Crippen molar-refractivity contribution in [2.24, 2.45) is 5.92 Å². The molecule has 1 aromatic rings. The van der Waals surface area contributed by atoms with E-state index in [2.05, 4.69) is 11.4 Å². The topological polar surface area (TPSA) is 58.6 Å². The number of piperidine rings is 1. The molecule has 132 valence electrons. The number of likely N-dealkylation sites (tertiary alicyclic amines) is 1. The van der Waals surface area contributed by atoms with Gasteiger partial charge in [0, 0.05) is 18.8 Å². The lowest BCUT2D eigenvalue weighted by molar-refractivity contribution is -0.151. The van der Waals surface area contributed by atoms with Crippen LogP contribution in [0.25, 0.3) is 0 Å². The van der Waals surface area contributed by atoms with Gasteiger partial charge in [0.05, 0.1) is 12.5 Å². The summed E-state index contributed by atoms with van der Waals surface area (Å²) >= 11 is 0. The van der Waals surface area contributed by atoms with Crippen LogP contribution in [0.5, 0.6) is 0 Å². The van der Waals surface area contributed by atoms with Gasteiger partial charge in [-0.1, -0.05) is 6.07 Å². The molecular weight excluding hydrogens is 304 g/mol. The number of carbonyl (C=O) groups is 2. The zero-order chi connectivity index (χ0) is 17.7. The Bertz CT molecular complexity index is 572. The molecule has 1 atom stereocenters. The largest absolute Gasteiger partial charge is 0.466 e. The highest BCUT2D eigenvalue weighted by Gasteiger charge is 2.30. The van der Waals surface area contributed by atoms with Crippen LogP contribution < -0.4 is 5.32 Å². The minimum Gasteiger partial charge on any atom is -0.466 e. The average Bonchev–Trinajstić information content (AvgIpc) is 2.53. The Morgan fingerprint density at radius 2 is 1.79 bits per heavy atom. The van der Waals surface area contributed by atoms with E-state index in [-0.39, 0.29) is 23.8 Å². The Balaban J connectivity index is 1.89. The molecule has 0 radical (unpaired) electrons. The number of rotatable bonds is 5. The number of carbonyl (C=O) groups excluding carboxylic acids is 2. The number of nitrogens with one attached hydrogen (secondary N) is 1. The molecule has 1 unspecified atom stereocenters. The summed E-state index contributed by atoms with van der Waals surface area (Å²) in [5.41, 5.74) is 3.31. The molecule has 1 saturated heterocycles. The summed E-state index contributed by atoms with van der Waals surface area (Å²) in [6.07, 6.45) is 1.36. The van der Waals surface area contributed by atoms with E-state index >= 15 is 0 Å². The zero-order valence-corrected chi connectivity index (χ0v) is 15.1. The van der Waals surface area contributed by atoms with Crippen LogP contribution in [0.4, 0.5) is 5.69 Å². The monoisotopic (exact) mass is 332 g/mol. The molecule has 2 rings (SSSR count). The van der Waals surface area contributed by atoms with Gasteiger partial charge in [-0.15, -0.1) is 0 Å². The first kappa shape index (κ1) is 18.3. The maximum Gasteiger partial charge on any atom is 0.309 e. The third-order valence-electron chi connectivity index (χ3n) is 4.40. The van der Waals surface area contributed by atoms with E-state index in [0.29, 0.717) is 32.5 Å². The fourth-order valence-electron chi connectivity index (χ4n) is 3.24. The van der Waals surface area contributed by atoms with Gasteiger partial charge in [0.15, 0.2) is 0 Å². The minimum atomic E-state index is -0.287. The van der Waals surface area contributed by atoms with Crippen molar-refractivity contribution in [1.82, 2.24) is 4.90 Å². The molecule has 1 N–H and O–H groups in total. The second kappa shape index (κ2) is 8.18. The van der Waals surface area contributed by atoms with Gasteiger partial charge in [-0.05, 0) is 63.8 Å². The number of ether oxygens (including phenoxy) is 1. The fourth-order valence-corrected chi connectivity index (χ4v) is 3.24. The Hall–Kier alpha value is -2.04. The smallest absolute Gasteiger partial charge is 0.309 e. The molecule has 5 heteroatoms. The Labute approximate surface area is 144 Å². The van der Waals surface area contributed by atoms with Gasteiger partial charge in [0.1, 0.15) is 6.04 Å². The molecule has 1 amide bonds. The molecule has 1 aromatic carbocycles. The highest BCUT2D eigenvalue weighted by molar-refractivity contribution is 5.84. The van der Waals surface area contributed by atoms with Gasteiger partial charge in [-0.2, -0.15) is 0 Å². The van der Waals surface area contributed by atoms with Crippen LogP contribution in [0.3, 0.4) is 0 Å². The van der Waals surface area contributed by atoms with Crippen molar-refractivity contribution >= 4 is 17.6 Å². The van der Waals surface area contributed by atoms with Crippen molar-refractivity contribution in [2.45, 2.75) is 46.6 Å². The van der Waals surface area contributed by atoms with Crippen molar-refractivity contribution < 1.29 is 14.3 Å². The molecule has 1 heterocycles. The summed E-state index contributed by atoms with van der Waals surface area (Å²) in [7, 11) is 0. The second-order valence-corrected chi connectivity index (χ2v) is 6.59. The van der Waals surface area contributed by atoms with Gasteiger partial charge in [0.2, 0.25) is 5.91 Å². The number of nitrogens with zero attached hydrogens (tertiary/aromatic N) is 1. The highest BCUT2D eigenvalue weighted by atomic mass is 16.5. The van der Waals surface area contributed by atoms with Crippen LogP contribution in [0.2, 0.25) is 0 Å². The lowest BCUT2D eigenvalue weighted by Gasteiger charge is -2.33. The van der Waals surface area contributed by atoms with Gasteiger partial charge in [-0.3, -0.25) is 9.59 Å². The SMILES string of the molecule is CCOC(=O)C1CCN(C(=O)C(C)Nc2cc(C)cc(C)c2)CC1. The summed E-state index contributed by atoms with van der Waals surface area (Å²) in [5, 5.41) is 3.29. The van der Waals surface area contributed by atoms with Crippen LogP contribution in [-0.4, -0.2) is 42.5 Å². The predicted molar refractivity (Wildman–Crippen MR) is 94.9 cm³/mol. The van der Waals surface area contributed by atoms with Crippen LogP contribution in [0.1, 0.15) is 37.8 Å². The molecule has 5 nitrogen and oxygen atoms in total. The Morgan fingerprint density at radius 1 is 1.21 bits per heavy atom. The van der Waals surface area contributed by atoms with E-state index in [1.165, 1.54) is 11.1 Å². The summed E-state index contributed by atoms with van der Waals surface area (Å²) in [6.45, 7) is 9.43. The highest BCUT2D eigenvalue weighted by Crippen LogP contribution is 2.20. The first-order chi connectivity index (χ1) is 11.4. The molecule has 0 aliphatic carbocycles. The zero-order valence-electron chi connectivity index (χ0n) is 15.1. The number of amides is 1. The number of hydrogen-bond acceptors (Lipinski definition) is 4. The lowest BCUT2D eigenvalue weighted by atomic mass is 9.96. The maximum atomic E-state index is 12.6. The standard InChI is InChI=1S/C19H28N2O3/c1-5-24-19(23)16-6-8-21(9-7-16)18(22)15(4)20-17-11-13(2)10-14(3)12-17/h10-12,15-16,20H,5-9H2,1-4H3. The number of aryl methyl sites for hydroxylation is 2. The molecule has 1 aliphatic rings. The summed E-state index contributed by atoms with van der Waals surface area (Å²) in [6, 6.07) is 5.91.